The highest BCUT2D eigenvalue weighted by Crippen LogP contribution is 2.36. The van der Waals surface area contributed by atoms with E-state index in [-0.39, 0.29) is 0 Å². The summed E-state index contributed by atoms with van der Waals surface area (Å²) in [5.41, 5.74) is 0. The Morgan fingerprint density at radius 1 is 1.64 bits per heavy atom. The average molecular weight is 193 g/mol. The van der Waals surface area contributed by atoms with E-state index in [4.69, 9.17) is 0 Å². The molecule has 3 heteroatoms. The van der Waals surface area contributed by atoms with E-state index >= 15 is 0 Å². The van der Waals surface area contributed by atoms with Crippen molar-refractivity contribution >= 4 is 0 Å². The fourth-order valence-corrected chi connectivity index (χ4v) is 1.77. The van der Waals surface area contributed by atoms with Crippen molar-refractivity contribution in [1.82, 2.24) is 15.3 Å². The molecule has 0 bridgehead atoms. The standard InChI is InChI=1S/C11H19N3/c1-2-5-12-10(8-9-3-4-9)11-13-6-7-14-11/h6-7,9-10,12H,2-5,8H2,1H3,(H,13,14). The van der Waals surface area contributed by atoms with Gasteiger partial charge in [0, 0.05) is 12.4 Å². The molecular formula is C11H19N3. The summed E-state index contributed by atoms with van der Waals surface area (Å²) in [7, 11) is 0. The van der Waals surface area contributed by atoms with Gasteiger partial charge in [-0.15, -0.1) is 0 Å². The van der Waals surface area contributed by atoms with Gasteiger partial charge in [0.15, 0.2) is 0 Å². The van der Waals surface area contributed by atoms with E-state index in [9.17, 15) is 0 Å². The summed E-state index contributed by atoms with van der Waals surface area (Å²) in [6.07, 6.45) is 8.98. The van der Waals surface area contributed by atoms with Gasteiger partial charge in [0.25, 0.3) is 0 Å². The zero-order chi connectivity index (χ0) is 9.80. The molecule has 0 amide bonds. The Kier molecular flexibility index (Phi) is 3.19. The van der Waals surface area contributed by atoms with Crippen LogP contribution < -0.4 is 5.32 Å². The van der Waals surface area contributed by atoms with Gasteiger partial charge in [-0.05, 0) is 25.3 Å². The highest BCUT2D eigenvalue weighted by atomic mass is 15.0. The molecule has 0 aromatic carbocycles. The number of hydrogen-bond acceptors (Lipinski definition) is 2. The first-order valence-corrected chi connectivity index (χ1v) is 5.62. The van der Waals surface area contributed by atoms with Gasteiger partial charge in [-0.1, -0.05) is 19.8 Å². The van der Waals surface area contributed by atoms with Crippen LogP contribution in [0.4, 0.5) is 0 Å². The fraction of sp³-hybridized carbons (Fsp3) is 0.727. The number of aromatic nitrogens is 2. The van der Waals surface area contributed by atoms with Crippen LogP contribution in [0.25, 0.3) is 0 Å². The molecule has 1 atom stereocenters. The van der Waals surface area contributed by atoms with Crippen molar-refractivity contribution in [2.24, 2.45) is 5.92 Å². The molecule has 0 radical (unpaired) electrons. The summed E-state index contributed by atoms with van der Waals surface area (Å²) in [5.74, 6) is 2.04. The molecule has 2 N–H and O–H groups in total. The molecule has 2 rings (SSSR count). The maximum absolute atomic E-state index is 4.33. The minimum Gasteiger partial charge on any atom is -0.347 e. The van der Waals surface area contributed by atoms with Gasteiger partial charge in [0.2, 0.25) is 0 Å². The molecule has 0 spiro atoms. The lowest BCUT2D eigenvalue weighted by molar-refractivity contribution is 0.457. The maximum atomic E-state index is 4.33. The van der Waals surface area contributed by atoms with Crippen molar-refractivity contribution in [2.45, 2.75) is 38.6 Å². The van der Waals surface area contributed by atoms with Gasteiger partial charge in [-0.25, -0.2) is 4.98 Å². The molecule has 0 aliphatic heterocycles. The predicted molar refractivity (Wildman–Crippen MR) is 57.0 cm³/mol. The number of H-pyrrole nitrogens is 1. The van der Waals surface area contributed by atoms with Crippen LogP contribution in [0.5, 0.6) is 0 Å². The molecule has 14 heavy (non-hydrogen) atoms. The van der Waals surface area contributed by atoms with Gasteiger partial charge in [0.05, 0.1) is 6.04 Å². The molecule has 1 aliphatic carbocycles. The molecule has 1 aromatic heterocycles. The Morgan fingerprint density at radius 2 is 2.50 bits per heavy atom. The number of hydrogen-bond donors (Lipinski definition) is 2. The highest BCUT2D eigenvalue weighted by Gasteiger charge is 2.26. The van der Waals surface area contributed by atoms with Crippen molar-refractivity contribution in [3.63, 3.8) is 0 Å². The number of rotatable bonds is 6. The first kappa shape index (κ1) is 9.71. The molecule has 1 saturated carbocycles. The first-order chi connectivity index (χ1) is 6.90. The fourth-order valence-electron chi connectivity index (χ4n) is 1.77. The van der Waals surface area contributed by atoms with Crippen LogP contribution in [0.15, 0.2) is 12.4 Å². The van der Waals surface area contributed by atoms with E-state index in [0.29, 0.717) is 6.04 Å². The van der Waals surface area contributed by atoms with Gasteiger partial charge in [-0.3, -0.25) is 0 Å². The molecule has 1 aromatic rings. The summed E-state index contributed by atoms with van der Waals surface area (Å²) in [6.45, 7) is 3.28. The molecule has 0 saturated heterocycles. The van der Waals surface area contributed by atoms with Crippen LogP contribution in [0.1, 0.15) is 44.5 Å². The lowest BCUT2D eigenvalue weighted by Crippen LogP contribution is -2.23. The van der Waals surface area contributed by atoms with Crippen molar-refractivity contribution in [3.05, 3.63) is 18.2 Å². The topological polar surface area (TPSA) is 40.7 Å². The molecular weight excluding hydrogens is 174 g/mol. The zero-order valence-corrected chi connectivity index (χ0v) is 8.79. The summed E-state index contributed by atoms with van der Waals surface area (Å²) in [4.78, 5) is 7.54. The number of imidazole rings is 1. The van der Waals surface area contributed by atoms with Crippen LogP contribution >= 0.6 is 0 Å². The molecule has 78 valence electrons. The van der Waals surface area contributed by atoms with Gasteiger partial charge >= 0.3 is 0 Å². The van der Waals surface area contributed by atoms with Crippen LogP contribution in [-0.2, 0) is 0 Å². The van der Waals surface area contributed by atoms with Crippen LogP contribution in [-0.4, -0.2) is 16.5 Å². The zero-order valence-electron chi connectivity index (χ0n) is 8.79. The number of aromatic amines is 1. The lowest BCUT2D eigenvalue weighted by atomic mass is 10.1. The van der Waals surface area contributed by atoms with Crippen molar-refractivity contribution in [3.8, 4) is 0 Å². The Bertz CT molecular complexity index is 252. The molecule has 3 nitrogen and oxygen atoms in total. The third-order valence-corrected chi connectivity index (χ3v) is 2.76. The van der Waals surface area contributed by atoms with Gasteiger partial charge < -0.3 is 10.3 Å². The second-order valence-electron chi connectivity index (χ2n) is 4.16. The number of nitrogens with one attached hydrogen (secondary N) is 2. The smallest absolute Gasteiger partial charge is 0.123 e. The predicted octanol–water partition coefficient (Wildman–Crippen LogP) is 2.25. The lowest BCUT2D eigenvalue weighted by Gasteiger charge is -2.15. The van der Waals surface area contributed by atoms with Gasteiger partial charge in [-0.2, -0.15) is 0 Å². The third-order valence-electron chi connectivity index (χ3n) is 2.76. The molecule has 1 heterocycles. The van der Waals surface area contributed by atoms with E-state index in [0.717, 1.165) is 18.3 Å². The van der Waals surface area contributed by atoms with Crippen LogP contribution in [0.2, 0.25) is 0 Å². The SMILES string of the molecule is CCCNC(CC1CC1)c1ncc[nH]1. The normalized spacial score (nSPS) is 18.4. The summed E-state index contributed by atoms with van der Waals surface area (Å²) in [5, 5.41) is 3.55. The maximum Gasteiger partial charge on any atom is 0.123 e. The van der Waals surface area contributed by atoms with E-state index < -0.39 is 0 Å². The number of nitrogens with zero attached hydrogens (tertiary/aromatic N) is 1. The second-order valence-corrected chi connectivity index (χ2v) is 4.16. The van der Waals surface area contributed by atoms with E-state index in [1.165, 1.54) is 25.7 Å². The summed E-state index contributed by atoms with van der Waals surface area (Å²) < 4.78 is 0. The Labute approximate surface area is 85.3 Å². The second kappa shape index (κ2) is 4.60. The quantitative estimate of drug-likeness (QED) is 0.727. The van der Waals surface area contributed by atoms with Crippen molar-refractivity contribution in [2.75, 3.05) is 6.54 Å². The molecule has 1 fully saturated rings. The van der Waals surface area contributed by atoms with Crippen molar-refractivity contribution in [1.29, 1.82) is 0 Å². The summed E-state index contributed by atoms with van der Waals surface area (Å²) in [6, 6.07) is 0.442. The van der Waals surface area contributed by atoms with Crippen LogP contribution in [0.3, 0.4) is 0 Å². The minimum atomic E-state index is 0.442. The monoisotopic (exact) mass is 193 g/mol. The van der Waals surface area contributed by atoms with Crippen molar-refractivity contribution < 1.29 is 0 Å². The third kappa shape index (κ3) is 2.58. The Morgan fingerprint density at radius 3 is 3.07 bits per heavy atom. The minimum absolute atomic E-state index is 0.442. The summed E-state index contributed by atoms with van der Waals surface area (Å²) >= 11 is 0. The largest absolute Gasteiger partial charge is 0.347 e. The Balaban J connectivity index is 1.90. The Hall–Kier alpha value is -0.830. The first-order valence-electron chi connectivity index (χ1n) is 5.62. The molecule has 1 aliphatic rings. The average Bonchev–Trinajstić information content (AvgIpc) is 2.84. The van der Waals surface area contributed by atoms with E-state index in [2.05, 4.69) is 22.2 Å². The highest BCUT2D eigenvalue weighted by molar-refractivity contribution is 4.97. The van der Waals surface area contributed by atoms with Crippen LogP contribution in [0, 0.1) is 5.92 Å². The van der Waals surface area contributed by atoms with Gasteiger partial charge in [0.1, 0.15) is 5.82 Å². The van der Waals surface area contributed by atoms with E-state index in [1.807, 2.05) is 12.4 Å². The van der Waals surface area contributed by atoms with E-state index in [1.54, 1.807) is 0 Å². The molecule has 1 unspecified atom stereocenters.